The van der Waals surface area contributed by atoms with Gasteiger partial charge in [-0.3, -0.25) is 4.79 Å². The highest BCUT2D eigenvalue weighted by atomic mass is 32.2. The number of ether oxygens (including phenoxy) is 1. The Morgan fingerprint density at radius 1 is 1.19 bits per heavy atom. The van der Waals surface area contributed by atoms with Gasteiger partial charge in [-0.1, -0.05) is 54.3 Å². The number of benzene rings is 2. The molecular formula is C22H23N5O2S2. The van der Waals surface area contributed by atoms with Crippen LogP contribution in [-0.2, 0) is 18.3 Å². The summed E-state index contributed by atoms with van der Waals surface area (Å²) in [6, 6.07) is 15.9. The van der Waals surface area contributed by atoms with E-state index >= 15 is 0 Å². The smallest absolute Gasteiger partial charge is 0.236 e. The average molecular weight is 454 g/mol. The van der Waals surface area contributed by atoms with Crippen molar-refractivity contribution in [3.05, 3.63) is 59.9 Å². The van der Waals surface area contributed by atoms with Crippen LogP contribution in [0.2, 0.25) is 0 Å². The van der Waals surface area contributed by atoms with Crippen LogP contribution in [0, 0.1) is 0 Å². The number of anilines is 1. The number of fused-ring (bicyclic) bond motifs is 1. The maximum absolute atomic E-state index is 12.4. The van der Waals surface area contributed by atoms with Gasteiger partial charge in [0.05, 0.1) is 16.0 Å². The lowest BCUT2D eigenvalue weighted by molar-refractivity contribution is -0.113. The van der Waals surface area contributed by atoms with Gasteiger partial charge in [-0.15, -0.1) is 10.2 Å². The second-order valence-electron chi connectivity index (χ2n) is 6.98. The minimum atomic E-state index is -0.268. The van der Waals surface area contributed by atoms with Gasteiger partial charge in [0, 0.05) is 7.05 Å². The summed E-state index contributed by atoms with van der Waals surface area (Å²) in [7, 11) is 1.88. The molecule has 0 fully saturated rings. The third-order valence-electron chi connectivity index (χ3n) is 4.75. The summed E-state index contributed by atoms with van der Waals surface area (Å²) in [5, 5.41) is 12.6. The van der Waals surface area contributed by atoms with E-state index in [0.29, 0.717) is 16.1 Å². The van der Waals surface area contributed by atoms with Gasteiger partial charge in [-0.2, -0.15) is 0 Å². The number of carbonyl (C=O) groups is 1. The van der Waals surface area contributed by atoms with E-state index < -0.39 is 0 Å². The largest absolute Gasteiger partial charge is 0.483 e. The Kier molecular flexibility index (Phi) is 6.53. The van der Waals surface area contributed by atoms with Gasteiger partial charge in [0.1, 0.15) is 5.75 Å². The summed E-state index contributed by atoms with van der Waals surface area (Å²) >= 11 is 2.79. The lowest BCUT2D eigenvalue weighted by atomic mass is 10.2. The standard InChI is InChI=1S/C22H23N5O2S2/c1-4-15-9-11-16(12-10-15)29-14(2)20-25-26-22(27(20)3)30-13-19(28)24-21-23-17-7-5-6-8-18(17)31-21/h5-12,14H,4,13H2,1-3H3,(H,23,24,28)/t14-/m1/s1. The maximum atomic E-state index is 12.4. The number of hydrogen-bond acceptors (Lipinski definition) is 7. The molecule has 4 rings (SSSR count). The molecule has 0 bridgehead atoms. The molecule has 0 aliphatic carbocycles. The maximum Gasteiger partial charge on any atom is 0.236 e. The Labute approximate surface area is 188 Å². The fourth-order valence-electron chi connectivity index (χ4n) is 3.08. The Hall–Kier alpha value is -2.91. The number of aromatic nitrogens is 4. The zero-order valence-corrected chi connectivity index (χ0v) is 19.2. The monoisotopic (exact) mass is 453 g/mol. The molecule has 1 N–H and O–H groups in total. The van der Waals surface area contributed by atoms with Crippen LogP contribution in [0.15, 0.2) is 53.7 Å². The van der Waals surface area contributed by atoms with Crippen molar-refractivity contribution < 1.29 is 9.53 Å². The van der Waals surface area contributed by atoms with E-state index in [2.05, 4.69) is 39.6 Å². The summed E-state index contributed by atoms with van der Waals surface area (Å²) in [6.45, 7) is 4.06. The fraction of sp³-hybridized carbons (Fsp3) is 0.273. The van der Waals surface area contributed by atoms with E-state index in [0.717, 1.165) is 22.4 Å². The molecule has 0 saturated carbocycles. The number of thiazole rings is 1. The number of rotatable bonds is 8. The van der Waals surface area contributed by atoms with Crippen LogP contribution in [0.25, 0.3) is 10.2 Å². The second kappa shape index (κ2) is 9.49. The second-order valence-corrected chi connectivity index (χ2v) is 8.95. The summed E-state index contributed by atoms with van der Waals surface area (Å²) in [6.07, 6.45) is 0.725. The molecule has 7 nitrogen and oxygen atoms in total. The Bertz CT molecular complexity index is 1150. The zero-order chi connectivity index (χ0) is 21.8. The van der Waals surface area contributed by atoms with Crippen LogP contribution >= 0.6 is 23.1 Å². The highest BCUT2D eigenvalue weighted by molar-refractivity contribution is 7.99. The van der Waals surface area contributed by atoms with Crippen molar-refractivity contribution in [3.63, 3.8) is 0 Å². The van der Waals surface area contributed by atoms with Crippen molar-refractivity contribution in [2.24, 2.45) is 7.05 Å². The molecule has 0 aliphatic heterocycles. The van der Waals surface area contributed by atoms with Gasteiger partial charge >= 0.3 is 0 Å². The van der Waals surface area contributed by atoms with E-state index in [1.54, 1.807) is 0 Å². The first-order chi connectivity index (χ1) is 15.0. The van der Waals surface area contributed by atoms with Gasteiger partial charge in [-0.05, 0) is 43.2 Å². The molecule has 4 aromatic rings. The highest BCUT2D eigenvalue weighted by Crippen LogP contribution is 2.27. The van der Waals surface area contributed by atoms with Crippen LogP contribution < -0.4 is 10.1 Å². The Balaban J connectivity index is 1.34. The predicted molar refractivity (Wildman–Crippen MR) is 125 cm³/mol. The quantitative estimate of drug-likeness (QED) is 0.384. The SMILES string of the molecule is CCc1ccc(O[C@H](C)c2nnc(SCC(=O)Nc3nc4ccccc4s3)n2C)cc1. The topological polar surface area (TPSA) is 81.9 Å². The first-order valence-electron chi connectivity index (χ1n) is 9.96. The minimum absolute atomic E-state index is 0.131. The minimum Gasteiger partial charge on any atom is -0.483 e. The Morgan fingerprint density at radius 2 is 1.97 bits per heavy atom. The lowest BCUT2D eigenvalue weighted by Crippen LogP contribution is -2.14. The van der Waals surface area contributed by atoms with Crippen LogP contribution in [0.5, 0.6) is 5.75 Å². The molecule has 9 heteroatoms. The van der Waals surface area contributed by atoms with Gasteiger partial charge in [0.15, 0.2) is 22.2 Å². The number of carbonyl (C=O) groups excluding carboxylic acids is 1. The summed E-state index contributed by atoms with van der Waals surface area (Å²) < 4.78 is 8.91. The van der Waals surface area contributed by atoms with Crippen molar-refractivity contribution in [2.45, 2.75) is 31.5 Å². The first kappa shape index (κ1) is 21.3. The van der Waals surface area contributed by atoms with Crippen LogP contribution in [0.3, 0.4) is 0 Å². The van der Waals surface area contributed by atoms with Crippen molar-refractivity contribution in [2.75, 3.05) is 11.1 Å². The van der Waals surface area contributed by atoms with E-state index in [-0.39, 0.29) is 17.8 Å². The van der Waals surface area contributed by atoms with Crippen molar-refractivity contribution in [1.29, 1.82) is 0 Å². The van der Waals surface area contributed by atoms with E-state index in [4.69, 9.17) is 4.74 Å². The van der Waals surface area contributed by atoms with Crippen molar-refractivity contribution >= 4 is 44.4 Å². The Morgan fingerprint density at radius 3 is 2.71 bits per heavy atom. The number of nitrogens with zero attached hydrogens (tertiary/aromatic N) is 4. The van der Waals surface area contributed by atoms with Gasteiger partial charge in [0.2, 0.25) is 5.91 Å². The molecule has 31 heavy (non-hydrogen) atoms. The molecular weight excluding hydrogens is 430 g/mol. The molecule has 0 saturated heterocycles. The number of nitrogens with one attached hydrogen (secondary N) is 1. The zero-order valence-electron chi connectivity index (χ0n) is 17.5. The molecule has 1 amide bonds. The molecule has 2 heterocycles. The normalized spacial score (nSPS) is 12.1. The van der Waals surface area contributed by atoms with Crippen LogP contribution in [0.1, 0.15) is 31.3 Å². The summed E-state index contributed by atoms with van der Waals surface area (Å²) in [5.74, 6) is 1.58. The average Bonchev–Trinajstić information content (AvgIpc) is 3.35. The number of amides is 1. The molecule has 160 valence electrons. The number of aryl methyl sites for hydroxylation is 1. The van der Waals surface area contributed by atoms with E-state index in [1.165, 1.54) is 28.7 Å². The highest BCUT2D eigenvalue weighted by Gasteiger charge is 2.18. The number of thioether (sulfide) groups is 1. The molecule has 0 radical (unpaired) electrons. The predicted octanol–water partition coefficient (Wildman–Crippen LogP) is 4.86. The van der Waals surface area contributed by atoms with Crippen molar-refractivity contribution in [3.8, 4) is 5.75 Å². The molecule has 0 aliphatic rings. The molecule has 2 aromatic carbocycles. The van der Waals surface area contributed by atoms with Gasteiger partial charge < -0.3 is 14.6 Å². The lowest BCUT2D eigenvalue weighted by Gasteiger charge is -2.14. The van der Waals surface area contributed by atoms with Gasteiger partial charge in [0.25, 0.3) is 0 Å². The van der Waals surface area contributed by atoms with Crippen LogP contribution in [0.4, 0.5) is 5.13 Å². The van der Waals surface area contributed by atoms with Gasteiger partial charge in [-0.25, -0.2) is 4.98 Å². The molecule has 0 unspecified atom stereocenters. The summed E-state index contributed by atoms with van der Waals surface area (Å²) in [4.78, 5) is 16.8. The molecule has 0 spiro atoms. The van der Waals surface area contributed by atoms with E-state index in [9.17, 15) is 4.79 Å². The third-order valence-corrected chi connectivity index (χ3v) is 6.72. The molecule has 1 atom stereocenters. The van der Waals surface area contributed by atoms with E-state index in [1.807, 2.05) is 54.9 Å². The number of para-hydroxylation sites is 1. The summed E-state index contributed by atoms with van der Waals surface area (Å²) in [5.41, 5.74) is 2.15. The number of hydrogen-bond donors (Lipinski definition) is 1. The van der Waals surface area contributed by atoms with Crippen LogP contribution in [-0.4, -0.2) is 31.4 Å². The van der Waals surface area contributed by atoms with Crippen molar-refractivity contribution in [1.82, 2.24) is 19.7 Å². The fourth-order valence-corrected chi connectivity index (χ4v) is 4.68. The third kappa shape index (κ3) is 5.05. The molecule has 2 aromatic heterocycles. The first-order valence-corrected chi connectivity index (χ1v) is 11.8.